The van der Waals surface area contributed by atoms with Crippen LogP contribution in [0.15, 0.2) is 47.9 Å². The van der Waals surface area contributed by atoms with Crippen molar-refractivity contribution < 1.29 is 9.53 Å². The van der Waals surface area contributed by atoms with Crippen LogP contribution in [0.5, 0.6) is 5.75 Å². The number of hydrogen-bond donors (Lipinski definition) is 1. The van der Waals surface area contributed by atoms with Gasteiger partial charge in [0.05, 0.1) is 18.7 Å². The number of aromatic nitrogens is 2. The summed E-state index contributed by atoms with van der Waals surface area (Å²) in [4.78, 5) is 31.3. The van der Waals surface area contributed by atoms with Crippen LogP contribution in [0, 0.1) is 6.92 Å². The van der Waals surface area contributed by atoms with Crippen LogP contribution in [0.3, 0.4) is 0 Å². The normalized spacial score (nSPS) is 15.6. The van der Waals surface area contributed by atoms with E-state index in [4.69, 9.17) is 4.74 Å². The number of methoxy groups -OCH3 is 1. The van der Waals surface area contributed by atoms with Gasteiger partial charge in [0.15, 0.2) is 0 Å². The van der Waals surface area contributed by atoms with Gasteiger partial charge in [0, 0.05) is 30.9 Å². The maximum atomic E-state index is 13.6. The first-order chi connectivity index (χ1) is 14.5. The Labute approximate surface area is 175 Å². The number of H-pyrrole nitrogens is 1. The first kappa shape index (κ1) is 20.0. The molecule has 0 bridgehead atoms. The largest absolute Gasteiger partial charge is 0.496 e. The number of nitrogens with one attached hydrogen (secondary N) is 1. The van der Waals surface area contributed by atoms with Gasteiger partial charge in [0.2, 0.25) is 0 Å². The Morgan fingerprint density at radius 3 is 2.97 bits per heavy atom. The van der Waals surface area contributed by atoms with Gasteiger partial charge in [-0.2, -0.15) is 0 Å². The highest BCUT2D eigenvalue weighted by Crippen LogP contribution is 2.38. The van der Waals surface area contributed by atoms with Gasteiger partial charge in [0.1, 0.15) is 11.3 Å². The van der Waals surface area contributed by atoms with Gasteiger partial charge >= 0.3 is 0 Å². The van der Waals surface area contributed by atoms with Gasteiger partial charge in [-0.05, 0) is 49.4 Å². The molecule has 0 aliphatic heterocycles. The number of carbonyl (C=O) groups is 1. The highest BCUT2D eigenvalue weighted by molar-refractivity contribution is 6.06. The molecule has 0 spiro atoms. The summed E-state index contributed by atoms with van der Waals surface area (Å²) < 4.78 is 7.08. The summed E-state index contributed by atoms with van der Waals surface area (Å²) in [5.74, 6) is 0.777. The van der Waals surface area contributed by atoms with Crippen molar-refractivity contribution in [1.82, 2.24) is 14.5 Å². The van der Waals surface area contributed by atoms with Crippen molar-refractivity contribution in [2.75, 3.05) is 14.2 Å². The number of hydrogen-bond acceptors (Lipinski definition) is 3. The van der Waals surface area contributed by atoms with Crippen LogP contribution in [0.1, 0.15) is 46.1 Å². The van der Waals surface area contributed by atoms with Gasteiger partial charge in [0.25, 0.3) is 11.5 Å². The molecule has 156 valence electrons. The lowest BCUT2D eigenvalue weighted by Crippen LogP contribution is -2.34. The Balaban J connectivity index is 1.79. The van der Waals surface area contributed by atoms with E-state index in [0.29, 0.717) is 23.0 Å². The van der Waals surface area contributed by atoms with Gasteiger partial charge < -0.3 is 19.2 Å². The van der Waals surface area contributed by atoms with E-state index in [1.807, 2.05) is 32.2 Å². The average Bonchev–Trinajstić information content (AvgIpc) is 3.15. The van der Waals surface area contributed by atoms with Gasteiger partial charge in [-0.15, -0.1) is 6.58 Å². The zero-order valence-corrected chi connectivity index (χ0v) is 17.7. The average molecular weight is 405 g/mol. The zero-order chi connectivity index (χ0) is 21.4. The first-order valence-corrected chi connectivity index (χ1v) is 10.2. The Hall–Kier alpha value is -3.28. The minimum absolute atomic E-state index is 0.0359. The highest BCUT2D eigenvalue weighted by Gasteiger charge is 2.30. The van der Waals surface area contributed by atoms with E-state index in [1.54, 1.807) is 24.3 Å². The molecule has 1 aromatic carbocycles. The van der Waals surface area contributed by atoms with Crippen molar-refractivity contribution in [3.63, 3.8) is 0 Å². The van der Waals surface area contributed by atoms with E-state index in [0.717, 1.165) is 36.3 Å². The molecular formula is C24H27N3O3. The molecular weight excluding hydrogens is 378 g/mol. The second-order valence-electron chi connectivity index (χ2n) is 7.88. The maximum Gasteiger partial charge on any atom is 0.275 e. The number of amides is 1. The summed E-state index contributed by atoms with van der Waals surface area (Å²) in [6.45, 7) is 5.96. The Morgan fingerprint density at radius 2 is 2.23 bits per heavy atom. The fourth-order valence-electron chi connectivity index (χ4n) is 4.56. The number of rotatable bonds is 5. The Bertz CT molecular complexity index is 1190. The number of allylic oxidation sites excluding steroid dienone is 1. The van der Waals surface area contributed by atoms with Crippen LogP contribution >= 0.6 is 0 Å². The van der Waals surface area contributed by atoms with Crippen molar-refractivity contribution in [2.24, 2.45) is 0 Å². The van der Waals surface area contributed by atoms with Gasteiger partial charge in [-0.1, -0.05) is 18.2 Å². The van der Waals surface area contributed by atoms with E-state index >= 15 is 0 Å². The summed E-state index contributed by atoms with van der Waals surface area (Å²) in [6.07, 6.45) is 6.15. The summed E-state index contributed by atoms with van der Waals surface area (Å²) in [5, 5.41) is 0.663. The molecule has 30 heavy (non-hydrogen) atoms. The fraction of sp³-hybridized carbons (Fsp3) is 0.333. The minimum atomic E-state index is -0.148. The minimum Gasteiger partial charge on any atom is -0.496 e. The molecule has 1 atom stereocenters. The van der Waals surface area contributed by atoms with Crippen LogP contribution < -0.4 is 10.3 Å². The standard InChI is InChI=1S/C24H27N3O3/c1-5-12-27-14-19(18-13-15(2)25-22(18)24(27)29)23(28)26(3)20-10-6-9-17-16(20)8-7-11-21(17)30-4/h5,7-8,11,13-14,20,25H,1,6,9-10,12H2,2-4H3. The first-order valence-electron chi connectivity index (χ1n) is 10.2. The van der Waals surface area contributed by atoms with Crippen molar-refractivity contribution in [1.29, 1.82) is 0 Å². The van der Waals surface area contributed by atoms with Crippen LogP contribution in [0.4, 0.5) is 0 Å². The molecule has 4 rings (SSSR count). The van der Waals surface area contributed by atoms with Crippen molar-refractivity contribution >= 4 is 16.8 Å². The van der Waals surface area contributed by atoms with E-state index in [9.17, 15) is 9.59 Å². The molecule has 1 aliphatic carbocycles. The smallest absolute Gasteiger partial charge is 0.275 e. The lowest BCUT2D eigenvalue weighted by molar-refractivity contribution is 0.0715. The predicted octanol–water partition coefficient (Wildman–Crippen LogP) is 3.98. The maximum absolute atomic E-state index is 13.6. The number of aryl methyl sites for hydroxylation is 1. The van der Waals surface area contributed by atoms with Crippen molar-refractivity contribution in [2.45, 2.75) is 38.8 Å². The molecule has 1 aliphatic rings. The van der Waals surface area contributed by atoms with E-state index in [2.05, 4.69) is 17.6 Å². The molecule has 0 radical (unpaired) electrons. The van der Waals surface area contributed by atoms with Crippen LogP contribution in [0.25, 0.3) is 10.9 Å². The molecule has 1 N–H and O–H groups in total. The third kappa shape index (κ3) is 3.22. The monoisotopic (exact) mass is 405 g/mol. The van der Waals surface area contributed by atoms with E-state index < -0.39 is 0 Å². The molecule has 1 amide bonds. The fourth-order valence-corrected chi connectivity index (χ4v) is 4.56. The van der Waals surface area contributed by atoms with Crippen molar-refractivity contribution in [3.8, 4) is 5.75 Å². The van der Waals surface area contributed by atoms with Crippen LogP contribution in [-0.2, 0) is 13.0 Å². The topological polar surface area (TPSA) is 67.3 Å². The van der Waals surface area contributed by atoms with E-state index in [-0.39, 0.29) is 17.5 Å². The second-order valence-corrected chi connectivity index (χ2v) is 7.88. The lowest BCUT2D eigenvalue weighted by atomic mass is 9.86. The molecule has 0 saturated heterocycles. The number of pyridine rings is 1. The van der Waals surface area contributed by atoms with Gasteiger partial charge in [-0.25, -0.2) is 0 Å². The summed E-state index contributed by atoms with van der Waals surface area (Å²) >= 11 is 0. The molecule has 0 fully saturated rings. The zero-order valence-electron chi connectivity index (χ0n) is 17.7. The molecule has 3 aromatic rings. The predicted molar refractivity (Wildman–Crippen MR) is 118 cm³/mol. The Morgan fingerprint density at radius 1 is 1.43 bits per heavy atom. The molecule has 2 heterocycles. The third-order valence-corrected chi connectivity index (χ3v) is 6.00. The third-order valence-electron chi connectivity index (χ3n) is 6.00. The number of ether oxygens (including phenoxy) is 1. The number of aromatic amines is 1. The quantitative estimate of drug-likeness (QED) is 0.653. The summed E-state index contributed by atoms with van der Waals surface area (Å²) in [7, 11) is 3.53. The highest BCUT2D eigenvalue weighted by atomic mass is 16.5. The van der Waals surface area contributed by atoms with Crippen molar-refractivity contribution in [3.05, 3.63) is 75.9 Å². The number of nitrogens with zero attached hydrogens (tertiary/aromatic N) is 2. The summed E-state index contributed by atoms with van der Waals surface area (Å²) in [5.41, 5.74) is 3.99. The molecule has 6 heteroatoms. The van der Waals surface area contributed by atoms with Crippen LogP contribution in [0.2, 0.25) is 0 Å². The Kier molecular flexibility index (Phi) is 5.24. The van der Waals surface area contributed by atoms with E-state index in [1.165, 1.54) is 10.1 Å². The molecule has 2 aromatic heterocycles. The molecule has 1 unspecified atom stereocenters. The van der Waals surface area contributed by atoms with Gasteiger partial charge in [-0.3, -0.25) is 9.59 Å². The van der Waals surface area contributed by atoms with Crippen LogP contribution in [-0.4, -0.2) is 34.5 Å². The number of benzene rings is 1. The number of carbonyl (C=O) groups excluding carboxylic acids is 1. The molecule has 0 saturated carbocycles. The summed E-state index contributed by atoms with van der Waals surface area (Å²) in [6, 6.07) is 7.87. The lowest BCUT2D eigenvalue weighted by Gasteiger charge is -2.34. The SMILES string of the molecule is C=CCn1cc(C(=O)N(C)C2CCCc3c(OC)cccc32)c2cc(C)[nH]c2c1=O. The number of fused-ring (bicyclic) bond motifs is 2. The second kappa shape index (κ2) is 7.86. The molecule has 6 nitrogen and oxygen atoms in total.